The Morgan fingerprint density at radius 3 is 2.35 bits per heavy atom. The molecule has 1 rings (SSSR count). The van der Waals surface area contributed by atoms with Crippen molar-refractivity contribution in [2.75, 3.05) is 6.54 Å². The SMILES string of the molecule is NCC(=O)N[C@H](Cc1ccc(O)cc1)C(N)=O. The van der Waals surface area contributed by atoms with Gasteiger partial charge in [0.2, 0.25) is 11.8 Å². The molecule has 6 heteroatoms. The number of phenolic OH excluding ortho intramolecular Hbond substituents is 1. The van der Waals surface area contributed by atoms with Crippen molar-refractivity contribution in [2.45, 2.75) is 12.5 Å². The largest absolute Gasteiger partial charge is 0.508 e. The molecule has 2 amide bonds. The van der Waals surface area contributed by atoms with Crippen LogP contribution in [0, 0.1) is 0 Å². The third-order valence-electron chi connectivity index (χ3n) is 2.24. The molecule has 0 unspecified atom stereocenters. The second-order valence-electron chi connectivity index (χ2n) is 3.60. The monoisotopic (exact) mass is 237 g/mol. The first kappa shape index (κ1) is 13.0. The molecule has 1 aromatic carbocycles. The van der Waals surface area contributed by atoms with Gasteiger partial charge in [-0.05, 0) is 17.7 Å². The lowest BCUT2D eigenvalue weighted by Crippen LogP contribution is -2.47. The van der Waals surface area contributed by atoms with Gasteiger partial charge in [0.1, 0.15) is 11.8 Å². The van der Waals surface area contributed by atoms with Crippen molar-refractivity contribution in [1.82, 2.24) is 5.32 Å². The Morgan fingerprint density at radius 1 is 1.29 bits per heavy atom. The topological polar surface area (TPSA) is 118 Å². The van der Waals surface area contributed by atoms with E-state index in [4.69, 9.17) is 16.6 Å². The summed E-state index contributed by atoms with van der Waals surface area (Å²) in [5.74, 6) is -0.928. The van der Waals surface area contributed by atoms with Gasteiger partial charge in [0.05, 0.1) is 6.54 Å². The van der Waals surface area contributed by atoms with E-state index in [-0.39, 0.29) is 18.7 Å². The number of phenols is 1. The van der Waals surface area contributed by atoms with E-state index in [0.29, 0.717) is 0 Å². The molecule has 6 nitrogen and oxygen atoms in total. The number of aromatic hydroxyl groups is 1. The van der Waals surface area contributed by atoms with Crippen LogP contribution in [0.3, 0.4) is 0 Å². The molecule has 0 bridgehead atoms. The van der Waals surface area contributed by atoms with Crippen molar-refractivity contribution >= 4 is 11.8 Å². The molecule has 0 spiro atoms. The van der Waals surface area contributed by atoms with Crippen LogP contribution < -0.4 is 16.8 Å². The minimum absolute atomic E-state index is 0.135. The number of hydrogen-bond acceptors (Lipinski definition) is 4. The Hall–Kier alpha value is -2.08. The molecule has 1 aromatic rings. The number of primary amides is 1. The van der Waals surface area contributed by atoms with Gasteiger partial charge >= 0.3 is 0 Å². The molecule has 17 heavy (non-hydrogen) atoms. The minimum Gasteiger partial charge on any atom is -0.508 e. The number of nitrogens with one attached hydrogen (secondary N) is 1. The number of hydrogen-bond donors (Lipinski definition) is 4. The van der Waals surface area contributed by atoms with Crippen LogP contribution in [-0.2, 0) is 16.0 Å². The summed E-state index contributed by atoms with van der Waals surface area (Å²) < 4.78 is 0. The number of carbonyl (C=O) groups excluding carboxylic acids is 2. The van der Waals surface area contributed by atoms with Crippen LogP contribution in [0.15, 0.2) is 24.3 Å². The van der Waals surface area contributed by atoms with Gasteiger partial charge in [-0.3, -0.25) is 9.59 Å². The lowest BCUT2D eigenvalue weighted by atomic mass is 10.1. The van der Waals surface area contributed by atoms with E-state index in [2.05, 4.69) is 5.32 Å². The first-order valence-corrected chi connectivity index (χ1v) is 5.09. The quantitative estimate of drug-likeness (QED) is 0.517. The van der Waals surface area contributed by atoms with Crippen LogP contribution in [0.2, 0.25) is 0 Å². The van der Waals surface area contributed by atoms with Crippen molar-refractivity contribution in [3.8, 4) is 5.75 Å². The molecule has 6 N–H and O–H groups in total. The molecule has 1 atom stereocenters. The van der Waals surface area contributed by atoms with E-state index in [1.54, 1.807) is 12.1 Å². The fourth-order valence-corrected chi connectivity index (χ4v) is 1.34. The van der Waals surface area contributed by atoms with Crippen LogP contribution in [-0.4, -0.2) is 29.5 Å². The van der Waals surface area contributed by atoms with Gasteiger partial charge in [0, 0.05) is 6.42 Å². The van der Waals surface area contributed by atoms with E-state index in [9.17, 15) is 9.59 Å². The molecular formula is C11H15N3O3. The standard InChI is InChI=1S/C11H15N3O3/c12-6-10(16)14-9(11(13)17)5-7-1-3-8(15)4-2-7/h1-4,9,15H,5-6,12H2,(H2,13,17)(H,14,16)/t9-/m1/s1. The lowest BCUT2D eigenvalue weighted by Gasteiger charge is -2.14. The number of amides is 2. The highest BCUT2D eigenvalue weighted by Gasteiger charge is 2.17. The summed E-state index contributed by atoms with van der Waals surface area (Å²) in [7, 11) is 0. The van der Waals surface area contributed by atoms with Crippen LogP contribution in [0.1, 0.15) is 5.56 Å². The fraction of sp³-hybridized carbons (Fsp3) is 0.273. The molecule has 0 saturated heterocycles. The molecule has 0 fully saturated rings. The molecule has 0 saturated carbocycles. The molecule has 0 aliphatic heterocycles. The van der Waals surface area contributed by atoms with Crippen molar-refractivity contribution in [3.63, 3.8) is 0 Å². The van der Waals surface area contributed by atoms with Crippen LogP contribution >= 0.6 is 0 Å². The third-order valence-corrected chi connectivity index (χ3v) is 2.24. The summed E-state index contributed by atoms with van der Waals surface area (Å²) in [6.07, 6.45) is 0.265. The first-order valence-electron chi connectivity index (χ1n) is 5.09. The average Bonchev–Trinajstić information content (AvgIpc) is 2.30. The van der Waals surface area contributed by atoms with Gasteiger partial charge in [-0.1, -0.05) is 12.1 Å². The van der Waals surface area contributed by atoms with Crippen LogP contribution in [0.4, 0.5) is 0 Å². The molecular weight excluding hydrogens is 222 g/mol. The molecule has 0 aliphatic rings. The molecule has 0 aromatic heterocycles. The summed E-state index contributed by atoms with van der Waals surface area (Å²) in [6.45, 7) is -0.195. The highest BCUT2D eigenvalue weighted by molar-refractivity contribution is 5.87. The Kier molecular flexibility index (Phi) is 4.47. The van der Waals surface area contributed by atoms with E-state index in [0.717, 1.165) is 5.56 Å². The average molecular weight is 237 g/mol. The van der Waals surface area contributed by atoms with Crippen LogP contribution in [0.5, 0.6) is 5.75 Å². The lowest BCUT2D eigenvalue weighted by molar-refractivity contribution is -0.126. The van der Waals surface area contributed by atoms with Gasteiger partial charge in [0.25, 0.3) is 0 Å². The first-order chi connectivity index (χ1) is 8.02. The highest BCUT2D eigenvalue weighted by Crippen LogP contribution is 2.11. The second-order valence-corrected chi connectivity index (χ2v) is 3.60. The van der Waals surface area contributed by atoms with Gasteiger partial charge in [0.15, 0.2) is 0 Å². The number of carbonyl (C=O) groups is 2. The summed E-state index contributed by atoms with van der Waals surface area (Å²) in [4.78, 5) is 22.2. The van der Waals surface area contributed by atoms with Gasteiger partial charge < -0.3 is 21.9 Å². The molecule has 0 heterocycles. The second kappa shape index (κ2) is 5.86. The summed E-state index contributed by atoms with van der Waals surface area (Å²) in [5, 5.41) is 11.5. The van der Waals surface area contributed by atoms with E-state index < -0.39 is 17.9 Å². The Bertz CT molecular complexity index is 403. The Morgan fingerprint density at radius 2 is 1.88 bits per heavy atom. The zero-order valence-electron chi connectivity index (χ0n) is 9.22. The van der Waals surface area contributed by atoms with E-state index >= 15 is 0 Å². The number of rotatable bonds is 5. The van der Waals surface area contributed by atoms with E-state index in [1.165, 1.54) is 12.1 Å². The Labute approximate surface area is 98.6 Å². The van der Waals surface area contributed by atoms with Crippen molar-refractivity contribution in [2.24, 2.45) is 11.5 Å². The van der Waals surface area contributed by atoms with E-state index in [1.807, 2.05) is 0 Å². The van der Waals surface area contributed by atoms with Crippen molar-refractivity contribution < 1.29 is 14.7 Å². The van der Waals surface area contributed by atoms with Crippen LogP contribution in [0.25, 0.3) is 0 Å². The predicted molar refractivity (Wildman–Crippen MR) is 62.0 cm³/mol. The van der Waals surface area contributed by atoms with Gasteiger partial charge in [-0.25, -0.2) is 0 Å². The van der Waals surface area contributed by atoms with Gasteiger partial charge in [-0.15, -0.1) is 0 Å². The maximum Gasteiger partial charge on any atom is 0.240 e. The van der Waals surface area contributed by atoms with Gasteiger partial charge in [-0.2, -0.15) is 0 Å². The summed E-state index contributed by atoms with van der Waals surface area (Å²) in [5.41, 5.74) is 11.1. The molecule has 0 aliphatic carbocycles. The normalized spacial score (nSPS) is 11.8. The Balaban J connectivity index is 2.70. The number of benzene rings is 1. The maximum atomic E-state index is 11.1. The van der Waals surface area contributed by atoms with Crippen molar-refractivity contribution in [3.05, 3.63) is 29.8 Å². The number of nitrogens with two attached hydrogens (primary N) is 2. The highest BCUT2D eigenvalue weighted by atomic mass is 16.3. The predicted octanol–water partition coefficient (Wildman–Crippen LogP) is -1.14. The molecule has 92 valence electrons. The minimum atomic E-state index is -0.796. The molecule has 0 radical (unpaired) electrons. The van der Waals surface area contributed by atoms with Crippen molar-refractivity contribution in [1.29, 1.82) is 0 Å². The maximum absolute atomic E-state index is 11.1. The zero-order valence-corrected chi connectivity index (χ0v) is 9.22. The zero-order chi connectivity index (χ0) is 12.8. The summed E-state index contributed by atoms with van der Waals surface area (Å²) in [6, 6.07) is 5.51. The summed E-state index contributed by atoms with van der Waals surface area (Å²) >= 11 is 0. The smallest absolute Gasteiger partial charge is 0.240 e. The third kappa shape index (κ3) is 4.12. The fourth-order valence-electron chi connectivity index (χ4n) is 1.34.